The fourth-order valence-electron chi connectivity index (χ4n) is 1.26. The van der Waals surface area contributed by atoms with Crippen LogP contribution in [-0.2, 0) is 9.59 Å². The standard InChI is InChI=1S/C9H12O2/c1-2-9(7-10)5-3-8(11)4-6-9/h3,5,7H,2,4,6H2,1H3. The van der Waals surface area contributed by atoms with Crippen molar-refractivity contribution in [1.82, 2.24) is 0 Å². The van der Waals surface area contributed by atoms with Crippen molar-refractivity contribution in [3.63, 3.8) is 0 Å². The fraction of sp³-hybridized carbons (Fsp3) is 0.556. The molecule has 0 saturated carbocycles. The molecule has 11 heavy (non-hydrogen) atoms. The van der Waals surface area contributed by atoms with Crippen molar-refractivity contribution in [3.8, 4) is 0 Å². The summed E-state index contributed by atoms with van der Waals surface area (Å²) in [7, 11) is 0. The zero-order valence-corrected chi connectivity index (χ0v) is 6.67. The summed E-state index contributed by atoms with van der Waals surface area (Å²) in [5, 5.41) is 0. The minimum Gasteiger partial charge on any atom is -0.302 e. The molecule has 1 rings (SSSR count). The van der Waals surface area contributed by atoms with Gasteiger partial charge in [-0.15, -0.1) is 0 Å². The second-order valence-electron chi connectivity index (χ2n) is 3.00. The normalized spacial score (nSPS) is 30.5. The summed E-state index contributed by atoms with van der Waals surface area (Å²) in [6.07, 6.45) is 6.22. The molecule has 0 radical (unpaired) electrons. The summed E-state index contributed by atoms with van der Waals surface area (Å²) in [5.74, 6) is 0.135. The van der Waals surface area contributed by atoms with Crippen LogP contribution < -0.4 is 0 Å². The van der Waals surface area contributed by atoms with Crippen LogP contribution in [0.5, 0.6) is 0 Å². The van der Waals surface area contributed by atoms with E-state index in [4.69, 9.17) is 0 Å². The first kappa shape index (κ1) is 8.18. The molecule has 1 atom stereocenters. The summed E-state index contributed by atoms with van der Waals surface area (Å²) < 4.78 is 0. The highest BCUT2D eigenvalue weighted by molar-refractivity contribution is 5.92. The summed E-state index contributed by atoms with van der Waals surface area (Å²) in [5.41, 5.74) is -0.339. The Morgan fingerprint density at radius 2 is 2.45 bits per heavy atom. The Hall–Kier alpha value is -0.920. The zero-order chi connectivity index (χ0) is 8.32. The van der Waals surface area contributed by atoms with Gasteiger partial charge in [-0.05, 0) is 18.9 Å². The van der Waals surface area contributed by atoms with Crippen LogP contribution in [0.2, 0.25) is 0 Å². The number of ketones is 1. The van der Waals surface area contributed by atoms with Crippen LogP contribution in [0.15, 0.2) is 12.2 Å². The van der Waals surface area contributed by atoms with Gasteiger partial charge in [0.1, 0.15) is 6.29 Å². The molecule has 0 aromatic heterocycles. The van der Waals surface area contributed by atoms with Gasteiger partial charge in [-0.2, -0.15) is 0 Å². The largest absolute Gasteiger partial charge is 0.302 e. The van der Waals surface area contributed by atoms with E-state index in [2.05, 4.69) is 0 Å². The van der Waals surface area contributed by atoms with Crippen molar-refractivity contribution in [1.29, 1.82) is 0 Å². The predicted octanol–water partition coefficient (Wildman–Crippen LogP) is 1.50. The van der Waals surface area contributed by atoms with E-state index in [0.717, 1.165) is 12.7 Å². The summed E-state index contributed by atoms with van der Waals surface area (Å²) >= 11 is 0. The SMILES string of the molecule is CCC1(C=O)C=CC(=O)CC1. The third-order valence-electron chi connectivity index (χ3n) is 2.33. The molecule has 0 bridgehead atoms. The van der Waals surface area contributed by atoms with Crippen molar-refractivity contribution < 1.29 is 9.59 Å². The smallest absolute Gasteiger partial charge is 0.155 e. The fourth-order valence-corrected chi connectivity index (χ4v) is 1.26. The van der Waals surface area contributed by atoms with Crippen LogP contribution >= 0.6 is 0 Å². The van der Waals surface area contributed by atoms with Crippen LogP contribution in [0.4, 0.5) is 0 Å². The number of carbonyl (C=O) groups is 2. The number of aldehydes is 1. The van der Waals surface area contributed by atoms with Crippen LogP contribution in [0.25, 0.3) is 0 Å². The lowest BCUT2D eigenvalue weighted by atomic mass is 9.78. The molecule has 0 spiro atoms. The highest BCUT2D eigenvalue weighted by atomic mass is 16.1. The lowest BCUT2D eigenvalue weighted by Gasteiger charge is -2.24. The molecule has 2 nitrogen and oxygen atoms in total. The highest BCUT2D eigenvalue weighted by Crippen LogP contribution is 2.30. The number of hydrogen-bond donors (Lipinski definition) is 0. The van der Waals surface area contributed by atoms with Gasteiger partial charge in [0.05, 0.1) is 0 Å². The lowest BCUT2D eigenvalue weighted by molar-refractivity contribution is -0.118. The number of allylic oxidation sites excluding steroid dienone is 2. The third kappa shape index (κ3) is 1.56. The van der Waals surface area contributed by atoms with Gasteiger partial charge in [0.15, 0.2) is 5.78 Å². The minimum absolute atomic E-state index is 0.135. The van der Waals surface area contributed by atoms with Crippen LogP contribution in [0, 0.1) is 5.41 Å². The maximum atomic E-state index is 10.8. The zero-order valence-electron chi connectivity index (χ0n) is 6.67. The molecular weight excluding hydrogens is 140 g/mol. The molecule has 1 unspecified atom stereocenters. The maximum absolute atomic E-state index is 10.8. The third-order valence-corrected chi connectivity index (χ3v) is 2.33. The Labute approximate surface area is 66.3 Å². The Morgan fingerprint density at radius 3 is 2.82 bits per heavy atom. The van der Waals surface area contributed by atoms with E-state index in [0.29, 0.717) is 12.8 Å². The van der Waals surface area contributed by atoms with Gasteiger partial charge in [-0.1, -0.05) is 13.0 Å². The van der Waals surface area contributed by atoms with E-state index < -0.39 is 0 Å². The van der Waals surface area contributed by atoms with Crippen LogP contribution in [0.3, 0.4) is 0 Å². The Kier molecular flexibility index (Phi) is 2.22. The molecule has 0 N–H and O–H groups in total. The Bertz CT molecular complexity index is 206. The van der Waals surface area contributed by atoms with E-state index in [-0.39, 0.29) is 11.2 Å². The summed E-state index contributed by atoms with van der Waals surface area (Å²) in [4.78, 5) is 21.4. The van der Waals surface area contributed by atoms with Gasteiger partial charge in [-0.25, -0.2) is 0 Å². The molecule has 60 valence electrons. The molecule has 2 heteroatoms. The van der Waals surface area contributed by atoms with E-state index in [1.807, 2.05) is 6.92 Å². The van der Waals surface area contributed by atoms with Gasteiger partial charge in [0.2, 0.25) is 0 Å². The van der Waals surface area contributed by atoms with E-state index in [1.165, 1.54) is 6.08 Å². The second kappa shape index (κ2) is 2.99. The van der Waals surface area contributed by atoms with Crippen molar-refractivity contribution in [2.24, 2.45) is 5.41 Å². The molecule has 0 aromatic carbocycles. The van der Waals surface area contributed by atoms with E-state index in [1.54, 1.807) is 6.08 Å². The van der Waals surface area contributed by atoms with Crippen LogP contribution in [0.1, 0.15) is 26.2 Å². The molecule has 0 amide bonds. The van der Waals surface area contributed by atoms with E-state index in [9.17, 15) is 9.59 Å². The molecule has 0 aliphatic heterocycles. The Morgan fingerprint density at radius 1 is 1.73 bits per heavy atom. The minimum atomic E-state index is -0.339. The summed E-state index contributed by atoms with van der Waals surface area (Å²) in [6, 6.07) is 0. The average molecular weight is 152 g/mol. The first-order valence-electron chi connectivity index (χ1n) is 3.91. The predicted molar refractivity (Wildman–Crippen MR) is 42.2 cm³/mol. The monoisotopic (exact) mass is 152 g/mol. The van der Waals surface area contributed by atoms with Crippen molar-refractivity contribution in [3.05, 3.63) is 12.2 Å². The summed E-state index contributed by atoms with van der Waals surface area (Å²) in [6.45, 7) is 1.97. The van der Waals surface area contributed by atoms with Gasteiger partial charge in [0, 0.05) is 11.8 Å². The molecule has 1 aliphatic rings. The molecular formula is C9H12O2. The quantitative estimate of drug-likeness (QED) is 0.562. The van der Waals surface area contributed by atoms with E-state index >= 15 is 0 Å². The molecule has 0 heterocycles. The van der Waals surface area contributed by atoms with Crippen molar-refractivity contribution >= 4 is 12.1 Å². The Balaban J connectivity index is 2.80. The number of carbonyl (C=O) groups excluding carboxylic acids is 2. The number of rotatable bonds is 2. The first-order valence-corrected chi connectivity index (χ1v) is 3.91. The van der Waals surface area contributed by atoms with Crippen LogP contribution in [-0.4, -0.2) is 12.1 Å². The second-order valence-corrected chi connectivity index (χ2v) is 3.00. The van der Waals surface area contributed by atoms with Gasteiger partial charge >= 0.3 is 0 Å². The van der Waals surface area contributed by atoms with Gasteiger partial charge in [0.25, 0.3) is 0 Å². The highest BCUT2D eigenvalue weighted by Gasteiger charge is 2.27. The molecule has 0 fully saturated rings. The van der Waals surface area contributed by atoms with Gasteiger partial charge < -0.3 is 4.79 Å². The van der Waals surface area contributed by atoms with Crippen molar-refractivity contribution in [2.75, 3.05) is 0 Å². The first-order chi connectivity index (χ1) is 5.22. The topological polar surface area (TPSA) is 34.1 Å². The van der Waals surface area contributed by atoms with Crippen molar-refractivity contribution in [2.45, 2.75) is 26.2 Å². The number of hydrogen-bond acceptors (Lipinski definition) is 2. The molecule has 0 aromatic rings. The maximum Gasteiger partial charge on any atom is 0.155 e. The average Bonchev–Trinajstić information content (AvgIpc) is 2.07. The molecule has 1 aliphatic carbocycles. The van der Waals surface area contributed by atoms with Gasteiger partial charge in [-0.3, -0.25) is 4.79 Å². The molecule has 0 saturated heterocycles. The lowest BCUT2D eigenvalue weighted by Crippen LogP contribution is -2.23.